The van der Waals surface area contributed by atoms with Gasteiger partial charge in [-0.3, -0.25) is 14.5 Å². The largest absolute Gasteiger partial charge is 0.490 e. The number of ether oxygens (including phenoxy) is 1. The highest BCUT2D eigenvalue weighted by atomic mass is 16.5. The second-order valence-electron chi connectivity index (χ2n) is 7.33. The van der Waals surface area contributed by atoms with Gasteiger partial charge in [0.15, 0.2) is 0 Å². The smallest absolute Gasteiger partial charge is 0.257 e. The molecule has 164 valence electrons. The average Bonchev–Trinajstić information content (AvgIpc) is 2.79. The van der Waals surface area contributed by atoms with Gasteiger partial charge in [-0.25, -0.2) is 0 Å². The summed E-state index contributed by atoms with van der Waals surface area (Å²) >= 11 is 0. The molecule has 32 heavy (non-hydrogen) atoms. The predicted octanol–water partition coefficient (Wildman–Crippen LogP) is 4.57. The number of hydrogen-bond acceptors (Lipinski definition) is 4. The van der Waals surface area contributed by atoms with Gasteiger partial charge in [0.1, 0.15) is 12.4 Å². The lowest BCUT2D eigenvalue weighted by atomic mass is 10.1. The number of rotatable bonds is 10. The van der Waals surface area contributed by atoms with E-state index in [0.717, 1.165) is 11.3 Å². The summed E-state index contributed by atoms with van der Waals surface area (Å²) in [4.78, 5) is 27.2. The van der Waals surface area contributed by atoms with E-state index in [0.29, 0.717) is 30.1 Å². The second-order valence-corrected chi connectivity index (χ2v) is 7.33. The normalized spacial score (nSPS) is 10.4. The zero-order chi connectivity index (χ0) is 22.8. The van der Waals surface area contributed by atoms with Gasteiger partial charge < -0.3 is 15.4 Å². The first-order valence-corrected chi connectivity index (χ1v) is 10.3. The van der Waals surface area contributed by atoms with Crippen molar-refractivity contribution in [3.8, 4) is 5.75 Å². The van der Waals surface area contributed by atoms with Gasteiger partial charge in [-0.05, 0) is 49.0 Å². The van der Waals surface area contributed by atoms with E-state index < -0.39 is 0 Å². The Bertz CT molecular complexity index is 1050. The summed E-state index contributed by atoms with van der Waals surface area (Å²) in [6.45, 7) is 4.88. The quantitative estimate of drug-likeness (QED) is 0.463. The molecule has 3 rings (SSSR count). The highest BCUT2D eigenvalue weighted by Crippen LogP contribution is 2.18. The number of anilines is 2. The number of hydrogen-bond donors (Lipinski definition) is 2. The van der Waals surface area contributed by atoms with Crippen LogP contribution >= 0.6 is 0 Å². The molecular weight excluding hydrogens is 402 g/mol. The molecule has 6 nitrogen and oxygen atoms in total. The Hall–Kier alpha value is -3.90. The average molecular weight is 430 g/mol. The zero-order valence-electron chi connectivity index (χ0n) is 18.1. The molecule has 0 atom stereocenters. The first-order chi connectivity index (χ1) is 15.5. The molecule has 0 aliphatic heterocycles. The lowest BCUT2D eigenvalue weighted by Crippen LogP contribution is -2.30. The van der Waals surface area contributed by atoms with E-state index in [-0.39, 0.29) is 18.4 Å². The summed E-state index contributed by atoms with van der Waals surface area (Å²) in [7, 11) is 1.87. The van der Waals surface area contributed by atoms with Crippen LogP contribution in [0.15, 0.2) is 91.5 Å². The first-order valence-electron chi connectivity index (χ1n) is 10.3. The van der Waals surface area contributed by atoms with Crippen molar-refractivity contribution in [3.63, 3.8) is 0 Å². The Morgan fingerprint density at radius 2 is 1.62 bits per heavy atom. The Morgan fingerprint density at radius 1 is 0.938 bits per heavy atom. The van der Waals surface area contributed by atoms with Crippen LogP contribution in [0.1, 0.15) is 15.9 Å². The minimum atomic E-state index is -0.279. The van der Waals surface area contributed by atoms with Crippen LogP contribution in [0, 0.1) is 0 Å². The SMILES string of the molecule is C=CCOc1ccc(CN(C)CC(=O)Nc2ccccc2C(=O)Nc2ccccc2)cc1. The molecule has 3 aromatic rings. The topological polar surface area (TPSA) is 70.7 Å². The summed E-state index contributed by atoms with van der Waals surface area (Å²) in [5.41, 5.74) is 2.64. The van der Waals surface area contributed by atoms with Crippen LogP contribution in [0.25, 0.3) is 0 Å². The Labute approximate surface area is 188 Å². The molecule has 6 heteroatoms. The van der Waals surface area contributed by atoms with Crippen LogP contribution < -0.4 is 15.4 Å². The fraction of sp³-hybridized carbons (Fsp3) is 0.154. The van der Waals surface area contributed by atoms with Crippen LogP contribution in [0.4, 0.5) is 11.4 Å². The number of benzene rings is 3. The van der Waals surface area contributed by atoms with Crippen LogP contribution in [-0.2, 0) is 11.3 Å². The molecule has 0 saturated carbocycles. The zero-order valence-corrected chi connectivity index (χ0v) is 18.1. The number of para-hydroxylation sites is 2. The van der Waals surface area contributed by atoms with Crippen molar-refractivity contribution < 1.29 is 14.3 Å². The highest BCUT2D eigenvalue weighted by Gasteiger charge is 2.14. The summed E-state index contributed by atoms with van der Waals surface area (Å²) in [5, 5.41) is 5.70. The maximum absolute atomic E-state index is 12.7. The van der Waals surface area contributed by atoms with E-state index in [4.69, 9.17) is 4.74 Å². The number of carbonyl (C=O) groups is 2. The van der Waals surface area contributed by atoms with Gasteiger partial charge in [-0.15, -0.1) is 0 Å². The van der Waals surface area contributed by atoms with E-state index in [1.165, 1.54) is 0 Å². The molecule has 0 fully saturated rings. The fourth-order valence-electron chi connectivity index (χ4n) is 3.16. The maximum Gasteiger partial charge on any atom is 0.257 e. The molecule has 2 amide bonds. The molecule has 0 heterocycles. The number of carbonyl (C=O) groups excluding carboxylic acids is 2. The Morgan fingerprint density at radius 3 is 2.34 bits per heavy atom. The van der Waals surface area contributed by atoms with Gasteiger partial charge >= 0.3 is 0 Å². The van der Waals surface area contributed by atoms with Crippen molar-refractivity contribution in [2.45, 2.75) is 6.54 Å². The van der Waals surface area contributed by atoms with Crippen LogP contribution in [0.3, 0.4) is 0 Å². The van der Waals surface area contributed by atoms with Crippen LogP contribution in [0.5, 0.6) is 5.75 Å². The van der Waals surface area contributed by atoms with E-state index in [2.05, 4.69) is 17.2 Å². The minimum Gasteiger partial charge on any atom is -0.490 e. The van der Waals surface area contributed by atoms with Crippen molar-refractivity contribution in [2.24, 2.45) is 0 Å². The number of nitrogens with one attached hydrogen (secondary N) is 2. The van der Waals surface area contributed by atoms with Gasteiger partial charge in [0.2, 0.25) is 5.91 Å². The number of likely N-dealkylation sites (N-methyl/N-ethyl adjacent to an activating group) is 1. The van der Waals surface area contributed by atoms with E-state index >= 15 is 0 Å². The summed E-state index contributed by atoms with van der Waals surface area (Å²) in [6, 6.07) is 23.9. The van der Waals surface area contributed by atoms with Gasteiger partial charge in [0.25, 0.3) is 5.91 Å². The van der Waals surface area contributed by atoms with Crippen molar-refractivity contribution in [3.05, 3.63) is 103 Å². The Kier molecular flexibility index (Phi) is 8.17. The van der Waals surface area contributed by atoms with Gasteiger partial charge in [0.05, 0.1) is 17.8 Å². The maximum atomic E-state index is 12.7. The molecule has 0 radical (unpaired) electrons. The van der Waals surface area contributed by atoms with Crippen molar-refractivity contribution in [1.29, 1.82) is 0 Å². The standard InChI is InChI=1S/C26H27N3O3/c1-3-17-32-22-15-13-20(14-16-22)18-29(2)19-25(30)28-24-12-8-7-11-23(24)26(31)27-21-9-5-4-6-10-21/h3-16H,1,17-19H2,2H3,(H,27,31)(H,28,30). The third-order valence-corrected chi connectivity index (χ3v) is 4.63. The molecule has 2 N–H and O–H groups in total. The number of nitrogens with zero attached hydrogens (tertiary/aromatic N) is 1. The molecule has 3 aromatic carbocycles. The Balaban J connectivity index is 1.56. The lowest BCUT2D eigenvalue weighted by Gasteiger charge is -2.17. The van der Waals surface area contributed by atoms with Crippen molar-refractivity contribution in [1.82, 2.24) is 4.90 Å². The molecule has 0 saturated heterocycles. The first kappa shape index (κ1) is 22.8. The van der Waals surface area contributed by atoms with E-state index in [1.807, 2.05) is 66.5 Å². The molecule has 0 aromatic heterocycles. The van der Waals surface area contributed by atoms with Gasteiger partial charge in [-0.1, -0.05) is 55.1 Å². The molecule has 0 unspecified atom stereocenters. The van der Waals surface area contributed by atoms with E-state index in [9.17, 15) is 9.59 Å². The summed E-state index contributed by atoms with van der Waals surface area (Å²) in [6.07, 6.45) is 1.70. The van der Waals surface area contributed by atoms with Gasteiger partial charge in [-0.2, -0.15) is 0 Å². The molecule has 0 aliphatic rings. The summed E-state index contributed by atoms with van der Waals surface area (Å²) < 4.78 is 5.49. The molecule has 0 bridgehead atoms. The molecular formula is C26H27N3O3. The summed E-state index contributed by atoms with van der Waals surface area (Å²) in [5.74, 6) is 0.303. The lowest BCUT2D eigenvalue weighted by molar-refractivity contribution is -0.117. The van der Waals surface area contributed by atoms with Gasteiger partial charge in [0, 0.05) is 12.2 Å². The van der Waals surface area contributed by atoms with Crippen LogP contribution in [-0.4, -0.2) is 36.9 Å². The fourth-order valence-corrected chi connectivity index (χ4v) is 3.16. The van der Waals surface area contributed by atoms with Crippen molar-refractivity contribution >= 4 is 23.2 Å². The van der Waals surface area contributed by atoms with Crippen molar-refractivity contribution in [2.75, 3.05) is 30.8 Å². The van der Waals surface area contributed by atoms with Crippen LogP contribution in [0.2, 0.25) is 0 Å². The number of amides is 2. The predicted molar refractivity (Wildman–Crippen MR) is 128 cm³/mol. The molecule has 0 aliphatic carbocycles. The minimum absolute atomic E-state index is 0.184. The third kappa shape index (κ3) is 6.82. The molecule has 0 spiro atoms. The second kappa shape index (κ2) is 11.5. The monoisotopic (exact) mass is 429 g/mol. The third-order valence-electron chi connectivity index (χ3n) is 4.63. The van der Waals surface area contributed by atoms with E-state index in [1.54, 1.807) is 30.3 Å². The highest BCUT2D eigenvalue weighted by molar-refractivity contribution is 6.10.